The second-order valence-electron chi connectivity index (χ2n) is 7.62. The van der Waals surface area contributed by atoms with E-state index in [1.54, 1.807) is 31.5 Å². The predicted octanol–water partition coefficient (Wildman–Crippen LogP) is 5.40. The molecule has 0 aliphatic carbocycles. The van der Waals surface area contributed by atoms with Gasteiger partial charge in [-0.05, 0) is 61.9 Å². The largest absolute Gasteiger partial charge is 0.495 e. The average molecular weight is 477 g/mol. The van der Waals surface area contributed by atoms with E-state index >= 15 is 0 Å². The third-order valence-electron chi connectivity index (χ3n) is 5.68. The van der Waals surface area contributed by atoms with Crippen LogP contribution in [0, 0.1) is 0 Å². The Kier molecular flexibility index (Phi) is 7.27. The van der Waals surface area contributed by atoms with Crippen LogP contribution in [0.15, 0.2) is 60.9 Å². The molecule has 0 saturated heterocycles. The molecule has 2 heterocycles. The molecule has 7 nitrogen and oxygen atoms in total. The van der Waals surface area contributed by atoms with Gasteiger partial charge in [0.1, 0.15) is 21.7 Å². The number of benzene rings is 2. The van der Waals surface area contributed by atoms with Crippen molar-refractivity contribution in [2.45, 2.75) is 20.4 Å². The Morgan fingerprint density at radius 3 is 2.29 bits per heavy atom. The number of carbonyl (C=O) groups is 1. The summed E-state index contributed by atoms with van der Waals surface area (Å²) < 4.78 is 11.9. The van der Waals surface area contributed by atoms with Crippen molar-refractivity contribution < 1.29 is 14.3 Å². The van der Waals surface area contributed by atoms with Crippen LogP contribution in [0.1, 0.15) is 29.8 Å². The number of amides is 1. The Hall–Kier alpha value is -3.65. The molecule has 0 aliphatic heterocycles. The van der Waals surface area contributed by atoms with Crippen molar-refractivity contribution in [1.29, 1.82) is 0 Å². The number of hydrogen-bond acceptors (Lipinski definition) is 7. The zero-order valence-corrected chi connectivity index (χ0v) is 20.6. The molecule has 2 aromatic heterocycles. The van der Waals surface area contributed by atoms with Crippen molar-refractivity contribution in [3.05, 3.63) is 72.1 Å². The van der Waals surface area contributed by atoms with Crippen molar-refractivity contribution in [2.75, 3.05) is 37.1 Å². The molecule has 0 bridgehead atoms. The van der Waals surface area contributed by atoms with Gasteiger partial charge < -0.3 is 14.4 Å². The van der Waals surface area contributed by atoms with Crippen LogP contribution in [0.5, 0.6) is 11.5 Å². The molecule has 1 amide bonds. The van der Waals surface area contributed by atoms with Gasteiger partial charge in [0, 0.05) is 36.7 Å². The van der Waals surface area contributed by atoms with E-state index in [-0.39, 0.29) is 5.91 Å². The van der Waals surface area contributed by atoms with Gasteiger partial charge >= 0.3 is 0 Å². The third-order valence-corrected chi connectivity index (χ3v) is 6.77. The molecule has 2 aromatic carbocycles. The maximum Gasteiger partial charge on any atom is 0.260 e. The van der Waals surface area contributed by atoms with E-state index < -0.39 is 0 Å². The summed E-state index contributed by atoms with van der Waals surface area (Å²) >= 11 is 1.40. The lowest BCUT2D eigenvalue weighted by molar-refractivity contribution is 0.0985. The lowest BCUT2D eigenvalue weighted by Gasteiger charge is -2.22. The first-order chi connectivity index (χ1) is 16.6. The fraction of sp³-hybridized carbons (Fsp3) is 0.269. The SMILES string of the molecule is CCN(CC)c1ccc(C(=O)N(Cc2cccnc2)c2nc3c(OC)ccc(OC)c3s2)cc1. The highest BCUT2D eigenvalue weighted by Gasteiger charge is 2.24. The molecule has 0 radical (unpaired) electrons. The smallest absolute Gasteiger partial charge is 0.260 e. The van der Waals surface area contributed by atoms with Crippen molar-refractivity contribution in [3.8, 4) is 11.5 Å². The van der Waals surface area contributed by atoms with Crippen LogP contribution in [-0.4, -0.2) is 43.2 Å². The van der Waals surface area contributed by atoms with Crippen molar-refractivity contribution in [3.63, 3.8) is 0 Å². The van der Waals surface area contributed by atoms with Crippen LogP contribution in [0.25, 0.3) is 10.2 Å². The molecule has 0 N–H and O–H groups in total. The molecule has 0 spiro atoms. The zero-order chi connectivity index (χ0) is 24.1. The number of ether oxygens (including phenoxy) is 2. The van der Waals surface area contributed by atoms with Crippen molar-refractivity contribution in [1.82, 2.24) is 9.97 Å². The molecule has 0 atom stereocenters. The van der Waals surface area contributed by atoms with Crippen LogP contribution in [0.2, 0.25) is 0 Å². The molecule has 4 rings (SSSR count). The number of carbonyl (C=O) groups excluding carboxylic acids is 1. The van der Waals surface area contributed by atoms with E-state index in [2.05, 4.69) is 23.7 Å². The maximum atomic E-state index is 13.8. The Bertz CT molecular complexity index is 1210. The van der Waals surface area contributed by atoms with Gasteiger partial charge in [0.15, 0.2) is 5.13 Å². The molecule has 0 fully saturated rings. The average Bonchev–Trinajstić information content (AvgIpc) is 3.33. The van der Waals surface area contributed by atoms with E-state index in [9.17, 15) is 4.79 Å². The Morgan fingerprint density at radius 2 is 1.68 bits per heavy atom. The minimum Gasteiger partial charge on any atom is -0.495 e. The Morgan fingerprint density at radius 1 is 0.971 bits per heavy atom. The summed E-state index contributed by atoms with van der Waals surface area (Å²) in [6.07, 6.45) is 3.48. The normalized spacial score (nSPS) is 10.8. The maximum absolute atomic E-state index is 13.8. The standard InChI is InChI=1S/C26H28N4O3S/c1-5-29(6-2)20-11-9-19(10-12-20)25(31)30(17-18-8-7-15-27-16-18)26-28-23-21(32-3)13-14-22(33-4)24(23)34-26/h7-16H,5-6,17H2,1-4H3. The molecule has 34 heavy (non-hydrogen) atoms. The Balaban J connectivity index is 1.76. The van der Waals surface area contributed by atoms with Crippen LogP contribution in [0.4, 0.5) is 10.8 Å². The molecule has 4 aromatic rings. The van der Waals surface area contributed by atoms with E-state index in [1.807, 2.05) is 48.5 Å². The lowest BCUT2D eigenvalue weighted by Crippen LogP contribution is -2.30. The summed E-state index contributed by atoms with van der Waals surface area (Å²) in [4.78, 5) is 26.7. The molecule has 8 heteroatoms. The van der Waals surface area contributed by atoms with Crippen LogP contribution >= 0.6 is 11.3 Å². The third kappa shape index (κ3) is 4.68. The van der Waals surface area contributed by atoms with Crippen LogP contribution in [-0.2, 0) is 6.54 Å². The molecule has 176 valence electrons. The zero-order valence-electron chi connectivity index (χ0n) is 19.8. The first-order valence-corrected chi connectivity index (χ1v) is 12.0. The summed E-state index contributed by atoms with van der Waals surface area (Å²) in [5.41, 5.74) is 3.27. The highest BCUT2D eigenvalue weighted by molar-refractivity contribution is 7.22. The highest BCUT2D eigenvalue weighted by atomic mass is 32.1. The van der Waals surface area contributed by atoms with Gasteiger partial charge in [0.25, 0.3) is 5.91 Å². The number of pyridine rings is 1. The molecule has 0 aliphatic rings. The number of hydrogen-bond donors (Lipinski definition) is 0. The number of rotatable bonds is 9. The fourth-order valence-corrected chi connectivity index (χ4v) is 4.92. The Labute approximate surface area is 203 Å². The fourth-order valence-electron chi connectivity index (χ4n) is 3.85. The summed E-state index contributed by atoms with van der Waals surface area (Å²) in [6.45, 7) is 6.40. The van der Waals surface area contributed by atoms with Crippen molar-refractivity contribution in [2.24, 2.45) is 0 Å². The van der Waals surface area contributed by atoms with Crippen LogP contribution in [0.3, 0.4) is 0 Å². The van der Waals surface area contributed by atoms with Gasteiger partial charge in [0.2, 0.25) is 0 Å². The van der Waals surface area contributed by atoms with Gasteiger partial charge in [-0.15, -0.1) is 0 Å². The highest BCUT2D eigenvalue weighted by Crippen LogP contribution is 2.40. The minimum absolute atomic E-state index is 0.132. The number of thiazole rings is 1. The van der Waals surface area contributed by atoms with E-state index in [4.69, 9.17) is 14.5 Å². The first kappa shape index (κ1) is 23.5. The number of fused-ring (bicyclic) bond motifs is 1. The topological polar surface area (TPSA) is 67.8 Å². The monoisotopic (exact) mass is 476 g/mol. The molecular formula is C26H28N4O3S. The second-order valence-corrected chi connectivity index (χ2v) is 8.59. The molecule has 0 saturated carbocycles. The van der Waals surface area contributed by atoms with Crippen molar-refractivity contribution >= 4 is 38.3 Å². The van der Waals surface area contributed by atoms with Gasteiger partial charge in [-0.3, -0.25) is 14.7 Å². The molecule has 0 unspecified atom stereocenters. The second kappa shape index (κ2) is 10.5. The quantitative estimate of drug-likeness (QED) is 0.322. The van der Waals surface area contributed by atoms with Gasteiger partial charge in [0.05, 0.1) is 20.8 Å². The number of methoxy groups -OCH3 is 2. The molecular weight excluding hydrogens is 448 g/mol. The number of aromatic nitrogens is 2. The van der Waals surface area contributed by atoms with E-state index in [0.717, 1.165) is 29.0 Å². The summed E-state index contributed by atoms with van der Waals surface area (Å²) in [6, 6.07) is 15.2. The van der Waals surface area contributed by atoms with E-state index in [0.29, 0.717) is 34.3 Å². The first-order valence-electron chi connectivity index (χ1n) is 11.2. The predicted molar refractivity (Wildman–Crippen MR) is 137 cm³/mol. The lowest BCUT2D eigenvalue weighted by atomic mass is 10.1. The van der Waals surface area contributed by atoms with Gasteiger partial charge in [-0.25, -0.2) is 4.98 Å². The number of anilines is 2. The summed E-state index contributed by atoms with van der Waals surface area (Å²) in [5, 5.41) is 0.569. The minimum atomic E-state index is -0.132. The van der Waals surface area contributed by atoms with Crippen LogP contribution < -0.4 is 19.3 Å². The van der Waals surface area contributed by atoms with Gasteiger partial charge in [-0.2, -0.15) is 0 Å². The summed E-state index contributed by atoms with van der Waals surface area (Å²) in [7, 11) is 3.23. The summed E-state index contributed by atoms with van der Waals surface area (Å²) in [5.74, 6) is 1.19. The number of nitrogens with zero attached hydrogens (tertiary/aromatic N) is 4. The van der Waals surface area contributed by atoms with E-state index in [1.165, 1.54) is 11.3 Å². The van der Waals surface area contributed by atoms with Gasteiger partial charge in [-0.1, -0.05) is 17.4 Å².